The Labute approximate surface area is 83.1 Å². The van der Waals surface area contributed by atoms with Gasteiger partial charge in [0.15, 0.2) is 0 Å². The van der Waals surface area contributed by atoms with Crippen LogP contribution in [0.25, 0.3) is 0 Å². The van der Waals surface area contributed by atoms with Gasteiger partial charge in [-0.2, -0.15) is 0 Å². The van der Waals surface area contributed by atoms with Gasteiger partial charge in [-0.1, -0.05) is 27.5 Å². The van der Waals surface area contributed by atoms with Crippen LogP contribution in [0.15, 0.2) is 16.6 Å². The zero-order chi connectivity index (χ0) is 9.14. The highest BCUT2D eigenvalue weighted by Gasteiger charge is 2.06. The molecule has 0 saturated heterocycles. The zero-order valence-electron chi connectivity index (χ0n) is 6.01. The summed E-state index contributed by atoms with van der Waals surface area (Å²) in [7, 11) is 0. The minimum atomic E-state index is 0.0518. The molecule has 3 N–H and O–H groups in total. The summed E-state index contributed by atoms with van der Waals surface area (Å²) in [6.45, 7) is 0.170. The molecule has 1 aromatic carbocycles. The number of hydrogen-bond acceptors (Lipinski definition) is 3. The Morgan fingerprint density at radius 2 is 2.17 bits per heavy atom. The molecule has 0 aliphatic heterocycles. The minimum absolute atomic E-state index is 0.0518. The molecule has 0 saturated carbocycles. The highest BCUT2D eigenvalue weighted by Crippen LogP contribution is 2.29. The van der Waals surface area contributed by atoms with E-state index in [9.17, 15) is 5.11 Å². The molecule has 3 nitrogen and oxygen atoms in total. The van der Waals surface area contributed by atoms with Gasteiger partial charge in [0, 0.05) is 15.1 Å². The van der Waals surface area contributed by atoms with Crippen molar-refractivity contribution in [2.45, 2.75) is 6.54 Å². The Morgan fingerprint density at radius 3 is 2.67 bits per heavy atom. The predicted molar refractivity (Wildman–Crippen MR) is 49.4 cm³/mol. The summed E-state index contributed by atoms with van der Waals surface area (Å²) in [6, 6.07) is 3.06. The molecule has 0 aliphatic carbocycles. The van der Waals surface area contributed by atoms with Crippen molar-refractivity contribution in [2.75, 3.05) is 0 Å². The highest BCUT2D eigenvalue weighted by atomic mass is 79.9. The van der Waals surface area contributed by atoms with Crippen LogP contribution in [-0.2, 0) is 6.54 Å². The molecule has 66 valence electrons. The molecule has 0 unspecified atom stereocenters. The number of aromatic hydroxyl groups is 1. The zero-order valence-corrected chi connectivity index (χ0v) is 8.35. The molecule has 0 spiro atoms. The summed E-state index contributed by atoms with van der Waals surface area (Å²) in [5.74, 6) is 0.0518. The van der Waals surface area contributed by atoms with Gasteiger partial charge < -0.3 is 10.3 Å². The number of hydrogen-bond donors (Lipinski definition) is 3. The van der Waals surface area contributed by atoms with E-state index >= 15 is 0 Å². The van der Waals surface area contributed by atoms with Gasteiger partial charge in [0.25, 0.3) is 0 Å². The largest absolute Gasteiger partial charge is 0.508 e. The summed E-state index contributed by atoms with van der Waals surface area (Å²) in [5.41, 5.74) is 2.52. The summed E-state index contributed by atoms with van der Waals surface area (Å²) in [5, 5.41) is 18.2. The second kappa shape index (κ2) is 4.09. The molecule has 1 rings (SSSR count). The van der Waals surface area contributed by atoms with Crippen LogP contribution in [0.2, 0.25) is 5.02 Å². The van der Waals surface area contributed by atoms with E-state index in [4.69, 9.17) is 16.8 Å². The average Bonchev–Trinajstić information content (AvgIpc) is 1.96. The molecule has 5 heteroatoms. The van der Waals surface area contributed by atoms with Crippen molar-refractivity contribution in [3.8, 4) is 5.75 Å². The Balaban J connectivity index is 3.10. The van der Waals surface area contributed by atoms with Crippen molar-refractivity contribution in [3.05, 3.63) is 27.2 Å². The van der Waals surface area contributed by atoms with E-state index in [1.54, 1.807) is 6.07 Å². The Morgan fingerprint density at radius 1 is 1.50 bits per heavy atom. The first-order chi connectivity index (χ1) is 5.65. The molecular formula is C7H7BrClNO2. The highest BCUT2D eigenvalue weighted by molar-refractivity contribution is 9.10. The topological polar surface area (TPSA) is 52.5 Å². The summed E-state index contributed by atoms with van der Waals surface area (Å²) in [4.78, 5) is 0. The monoisotopic (exact) mass is 251 g/mol. The molecule has 0 heterocycles. The van der Waals surface area contributed by atoms with Gasteiger partial charge in [-0.05, 0) is 12.1 Å². The third-order valence-corrected chi connectivity index (χ3v) is 2.32. The molecule has 0 fully saturated rings. The van der Waals surface area contributed by atoms with Gasteiger partial charge >= 0.3 is 0 Å². The van der Waals surface area contributed by atoms with Crippen molar-refractivity contribution >= 4 is 27.5 Å². The lowest BCUT2D eigenvalue weighted by atomic mass is 10.2. The van der Waals surface area contributed by atoms with Crippen LogP contribution in [0.1, 0.15) is 5.56 Å². The Kier molecular flexibility index (Phi) is 3.34. The first kappa shape index (κ1) is 9.80. The predicted octanol–water partition coefficient (Wildman–Crippen LogP) is 2.29. The normalized spacial score (nSPS) is 10.2. The molecule has 0 aromatic heterocycles. The molecular weight excluding hydrogens is 245 g/mol. The summed E-state index contributed by atoms with van der Waals surface area (Å²) < 4.78 is 0.661. The van der Waals surface area contributed by atoms with E-state index in [1.165, 1.54) is 6.07 Å². The van der Waals surface area contributed by atoms with E-state index in [1.807, 2.05) is 5.48 Å². The number of phenolic OH excluding ortho intramolecular Hbond substituents is 1. The van der Waals surface area contributed by atoms with Gasteiger partial charge in [0.2, 0.25) is 0 Å². The number of phenols is 1. The molecule has 0 aliphatic rings. The van der Waals surface area contributed by atoms with Gasteiger partial charge in [0.1, 0.15) is 5.75 Å². The molecule has 0 bridgehead atoms. The standard InChI is InChI=1S/C7H7BrClNO2/c8-6-1-4(9)2-7(11)5(6)3-10-12/h1-2,10-12H,3H2. The average molecular weight is 252 g/mol. The fourth-order valence-electron chi connectivity index (χ4n) is 0.844. The SMILES string of the molecule is ONCc1c(O)cc(Cl)cc1Br. The lowest BCUT2D eigenvalue weighted by Gasteiger charge is -2.05. The maximum Gasteiger partial charge on any atom is 0.122 e. The Hall–Kier alpha value is -0.290. The lowest BCUT2D eigenvalue weighted by Crippen LogP contribution is -2.06. The van der Waals surface area contributed by atoms with Crippen molar-refractivity contribution < 1.29 is 10.3 Å². The molecule has 12 heavy (non-hydrogen) atoms. The third-order valence-electron chi connectivity index (χ3n) is 1.39. The van der Waals surface area contributed by atoms with Crippen LogP contribution < -0.4 is 5.48 Å². The third kappa shape index (κ3) is 2.10. The maximum atomic E-state index is 9.34. The van der Waals surface area contributed by atoms with Crippen LogP contribution in [0.5, 0.6) is 5.75 Å². The van der Waals surface area contributed by atoms with E-state index in [2.05, 4.69) is 15.9 Å². The smallest absolute Gasteiger partial charge is 0.122 e. The van der Waals surface area contributed by atoms with Crippen molar-refractivity contribution in [1.82, 2.24) is 5.48 Å². The second-order valence-electron chi connectivity index (χ2n) is 2.22. The number of hydroxylamine groups is 1. The molecule has 0 amide bonds. The van der Waals surface area contributed by atoms with Crippen molar-refractivity contribution in [3.63, 3.8) is 0 Å². The quantitative estimate of drug-likeness (QED) is 0.708. The first-order valence-corrected chi connectivity index (χ1v) is 4.36. The number of halogens is 2. The molecule has 0 atom stereocenters. The van der Waals surface area contributed by atoms with Crippen LogP contribution in [0.3, 0.4) is 0 Å². The van der Waals surface area contributed by atoms with Crippen molar-refractivity contribution in [1.29, 1.82) is 0 Å². The van der Waals surface area contributed by atoms with Crippen LogP contribution in [-0.4, -0.2) is 10.3 Å². The lowest BCUT2D eigenvalue weighted by molar-refractivity contribution is 0.160. The van der Waals surface area contributed by atoms with Crippen molar-refractivity contribution in [2.24, 2.45) is 0 Å². The number of rotatable bonds is 2. The van der Waals surface area contributed by atoms with Crippen LogP contribution in [0.4, 0.5) is 0 Å². The van der Waals surface area contributed by atoms with E-state index in [0.29, 0.717) is 15.1 Å². The van der Waals surface area contributed by atoms with Crippen LogP contribution >= 0.6 is 27.5 Å². The minimum Gasteiger partial charge on any atom is -0.508 e. The number of nitrogens with one attached hydrogen (secondary N) is 1. The summed E-state index contributed by atoms with van der Waals surface area (Å²) >= 11 is 8.85. The molecule has 0 radical (unpaired) electrons. The maximum absolute atomic E-state index is 9.34. The van der Waals surface area contributed by atoms with Crippen LogP contribution in [0, 0.1) is 0 Å². The Bertz CT molecular complexity index is 270. The van der Waals surface area contributed by atoms with Gasteiger partial charge in [-0.15, -0.1) is 0 Å². The fraction of sp³-hybridized carbons (Fsp3) is 0.143. The van der Waals surface area contributed by atoms with E-state index < -0.39 is 0 Å². The van der Waals surface area contributed by atoms with Gasteiger partial charge in [-0.3, -0.25) is 0 Å². The first-order valence-electron chi connectivity index (χ1n) is 3.19. The van der Waals surface area contributed by atoms with E-state index in [0.717, 1.165) is 0 Å². The number of benzene rings is 1. The second-order valence-corrected chi connectivity index (χ2v) is 3.51. The molecule has 1 aromatic rings. The fourth-order valence-corrected chi connectivity index (χ4v) is 1.78. The van der Waals surface area contributed by atoms with Gasteiger partial charge in [0.05, 0.1) is 6.54 Å². The van der Waals surface area contributed by atoms with E-state index in [-0.39, 0.29) is 12.3 Å². The summed E-state index contributed by atoms with van der Waals surface area (Å²) in [6.07, 6.45) is 0. The van der Waals surface area contributed by atoms with Gasteiger partial charge in [-0.25, -0.2) is 5.48 Å².